The van der Waals surface area contributed by atoms with Crippen molar-refractivity contribution < 1.29 is 9.13 Å². The molecule has 2 N–H and O–H groups in total. The Morgan fingerprint density at radius 2 is 1.88 bits per heavy atom. The minimum Gasteiger partial charge on any atom is -0.496 e. The Balaban J connectivity index is 1.27. The molecular weight excluding hydrogens is 405 g/mol. The number of methoxy groups -OCH3 is 1. The second kappa shape index (κ2) is 10.5. The zero-order valence-electron chi connectivity index (χ0n) is 19.6. The number of nitrogens with zero attached hydrogens (tertiary/aromatic N) is 3. The van der Waals surface area contributed by atoms with Crippen LogP contribution in [0.4, 0.5) is 16.2 Å². The summed E-state index contributed by atoms with van der Waals surface area (Å²) >= 11 is 0. The van der Waals surface area contributed by atoms with E-state index in [1.807, 2.05) is 0 Å². The van der Waals surface area contributed by atoms with Crippen LogP contribution in [0.1, 0.15) is 55.3 Å². The van der Waals surface area contributed by atoms with Crippen molar-refractivity contribution in [2.45, 2.75) is 64.0 Å². The zero-order chi connectivity index (χ0) is 22.5. The van der Waals surface area contributed by atoms with Crippen LogP contribution in [0.2, 0.25) is 0 Å². The summed E-state index contributed by atoms with van der Waals surface area (Å²) in [7, 11) is 5.76. The summed E-state index contributed by atoms with van der Waals surface area (Å²) in [5.41, 5.74) is 3.42. The molecule has 0 saturated heterocycles. The van der Waals surface area contributed by atoms with E-state index in [9.17, 15) is 4.39 Å². The molecule has 0 bridgehead atoms. The van der Waals surface area contributed by atoms with E-state index in [4.69, 9.17) is 14.7 Å². The molecule has 1 aromatic carbocycles. The number of aromatic nitrogens is 2. The number of halogens is 1. The van der Waals surface area contributed by atoms with Gasteiger partial charge in [-0.1, -0.05) is 0 Å². The molecule has 4 rings (SSSR count). The van der Waals surface area contributed by atoms with Crippen LogP contribution in [-0.4, -0.2) is 43.8 Å². The summed E-state index contributed by atoms with van der Waals surface area (Å²) < 4.78 is 18.9. The number of anilines is 2. The molecule has 2 aliphatic rings. The minimum absolute atomic E-state index is 0.226. The number of benzene rings is 1. The van der Waals surface area contributed by atoms with Gasteiger partial charge in [-0.05, 0) is 82.0 Å². The minimum atomic E-state index is -0.226. The van der Waals surface area contributed by atoms with E-state index in [0.717, 1.165) is 68.1 Å². The molecule has 0 unspecified atom stereocenters. The van der Waals surface area contributed by atoms with Gasteiger partial charge in [0, 0.05) is 37.8 Å². The lowest BCUT2D eigenvalue weighted by molar-refractivity contribution is 0.322. The summed E-state index contributed by atoms with van der Waals surface area (Å²) in [5, 5.41) is 7.12. The van der Waals surface area contributed by atoms with Gasteiger partial charge in [-0.3, -0.25) is 0 Å². The molecule has 2 aliphatic carbocycles. The highest BCUT2D eigenvalue weighted by Crippen LogP contribution is 2.30. The number of aryl methyl sites for hydroxylation is 1. The molecule has 1 heterocycles. The number of hydrogen-bond donors (Lipinski definition) is 2. The van der Waals surface area contributed by atoms with Crippen molar-refractivity contribution in [3.8, 4) is 5.75 Å². The maximum Gasteiger partial charge on any atom is 0.225 e. The molecule has 0 radical (unpaired) electrons. The van der Waals surface area contributed by atoms with Crippen LogP contribution in [0.5, 0.6) is 5.75 Å². The van der Waals surface area contributed by atoms with Gasteiger partial charge < -0.3 is 20.3 Å². The van der Waals surface area contributed by atoms with Crippen molar-refractivity contribution in [1.29, 1.82) is 0 Å². The first kappa shape index (κ1) is 22.8. The Morgan fingerprint density at radius 3 is 2.62 bits per heavy atom. The average molecular weight is 442 g/mol. The summed E-state index contributed by atoms with van der Waals surface area (Å²) in [6.07, 6.45) is 9.15. The highest BCUT2D eigenvalue weighted by Gasteiger charge is 2.24. The van der Waals surface area contributed by atoms with Gasteiger partial charge in [0.05, 0.1) is 12.8 Å². The summed E-state index contributed by atoms with van der Waals surface area (Å²) in [5.74, 6) is 3.00. The van der Waals surface area contributed by atoms with Gasteiger partial charge in [-0.25, -0.2) is 9.37 Å². The van der Waals surface area contributed by atoms with Crippen molar-refractivity contribution in [3.05, 3.63) is 40.8 Å². The predicted molar refractivity (Wildman–Crippen MR) is 127 cm³/mol. The standard InChI is InChI=1S/C25H36FN5O/c1-31(2)24-21-6-4-5-7-22(21)29-25(30-24)28-20-11-8-17(9-12-20)15-27-16-18-14-19(26)10-13-23(18)32-3/h10,13-14,17,20,27H,4-9,11-12,15-16H2,1-3H3,(H,28,29,30). The molecule has 32 heavy (non-hydrogen) atoms. The molecule has 2 aromatic rings. The molecule has 0 atom stereocenters. The quantitative estimate of drug-likeness (QED) is 0.636. The van der Waals surface area contributed by atoms with E-state index < -0.39 is 0 Å². The monoisotopic (exact) mass is 441 g/mol. The first-order valence-electron chi connectivity index (χ1n) is 11.9. The van der Waals surface area contributed by atoms with Gasteiger partial charge in [0.25, 0.3) is 0 Å². The van der Waals surface area contributed by atoms with Crippen LogP contribution in [0.3, 0.4) is 0 Å². The highest BCUT2D eigenvalue weighted by atomic mass is 19.1. The Bertz CT molecular complexity index is 911. The largest absolute Gasteiger partial charge is 0.496 e. The fourth-order valence-electron chi connectivity index (χ4n) is 5.00. The SMILES string of the molecule is COc1ccc(F)cc1CNCC1CCC(Nc2nc3c(c(N(C)C)n2)CCCC3)CC1. The maximum absolute atomic E-state index is 13.5. The summed E-state index contributed by atoms with van der Waals surface area (Å²) in [6.45, 7) is 1.56. The van der Waals surface area contributed by atoms with E-state index in [-0.39, 0.29) is 5.82 Å². The van der Waals surface area contributed by atoms with Gasteiger partial charge >= 0.3 is 0 Å². The number of hydrogen-bond acceptors (Lipinski definition) is 6. The van der Waals surface area contributed by atoms with Crippen molar-refractivity contribution in [3.63, 3.8) is 0 Å². The molecule has 1 saturated carbocycles. The number of rotatable bonds is 8. The van der Waals surface area contributed by atoms with Crippen LogP contribution < -0.4 is 20.3 Å². The van der Waals surface area contributed by atoms with Crippen LogP contribution in [-0.2, 0) is 19.4 Å². The van der Waals surface area contributed by atoms with Crippen LogP contribution in [0.25, 0.3) is 0 Å². The lowest BCUT2D eigenvalue weighted by atomic mass is 9.86. The molecule has 1 aromatic heterocycles. The van der Waals surface area contributed by atoms with E-state index >= 15 is 0 Å². The number of nitrogens with one attached hydrogen (secondary N) is 2. The summed E-state index contributed by atoms with van der Waals surface area (Å²) in [4.78, 5) is 11.8. The molecule has 1 fully saturated rings. The van der Waals surface area contributed by atoms with E-state index in [1.54, 1.807) is 19.2 Å². The third-order valence-electron chi connectivity index (χ3n) is 6.76. The third-order valence-corrected chi connectivity index (χ3v) is 6.76. The lowest BCUT2D eigenvalue weighted by Crippen LogP contribution is -2.32. The van der Waals surface area contributed by atoms with Gasteiger partial charge in [0.15, 0.2) is 0 Å². The molecule has 7 heteroatoms. The molecule has 6 nitrogen and oxygen atoms in total. The Hall–Kier alpha value is -2.41. The normalized spacial score (nSPS) is 20.5. The van der Waals surface area contributed by atoms with Gasteiger partial charge in [-0.15, -0.1) is 0 Å². The van der Waals surface area contributed by atoms with Gasteiger partial charge in [-0.2, -0.15) is 4.98 Å². The Kier molecular flexibility index (Phi) is 7.45. The molecule has 0 amide bonds. The van der Waals surface area contributed by atoms with Crippen LogP contribution in [0, 0.1) is 11.7 Å². The molecule has 0 aliphatic heterocycles. The van der Waals surface area contributed by atoms with Crippen LogP contribution >= 0.6 is 0 Å². The maximum atomic E-state index is 13.5. The van der Waals surface area contributed by atoms with E-state index in [0.29, 0.717) is 18.5 Å². The second-order valence-electron chi connectivity index (χ2n) is 9.35. The third kappa shape index (κ3) is 5.49. The van der Waals surface area contributed by atoms with Crippen molar-refractivity contribution in [2.24, 2.45) is 5.92 Å². The van der Waals surface area contributed by atoms with Crippen molar-refractivity contribution in [1.82, 2.24) is 15.3 Å². The highest BCUT2D eigenvalue weighted by molar-refractivity contribution is 5.52. The van der Waals surface area contributed by atoms with Crippen molar-refractivity contribution in [2.75, 3.05) is 38.0 Å². The van der Waals surface area contributed by atoms with Gasteiger partial charge in [0.1, 0.15) is 17.4 Å². The Labute approximate surface area is 191 Å². The van der Waals surface area contributed by atoms with E-state index in [1.165, 1.54) is 30.2 Å². The Morgan fingerprint density at radius 1 is 1.09 bits per heavy atom. The lowest BCUT2D eigenvalue weighted by Gasteiger charge is -2.30. The second-order valence-corrected chi connectivity index (χ2v) is 9.35. The molecule has 174 valence electrons. The van der Waals surface area contributed by atoms with Crippen molar-refractivity contribution >= 4 is 11.8 Å². The molecule has 0 spiro atoms. The summed E-state index contributed by atoms with van der Waals surface area (Å²) in [6, 6.07) is 5.09. The first-order valence-corrected chi connectivity index (χ1v) is 11.9. The van der Waals surface area contributed by atoms with E-state index in [2.05, 4.69) is 29.6 Å². The van der Waals surface area contributed by atoms with Crippen LogP contribution in [0.15, 0.2) is 18.2 Å². The number of fused-ring (bicyclic) bond motifs is 1. The molecular formula is C25H36FN5O. The fraction of sp³-hybridized carbons (Fsp3) is 0.600. The smallest absolute Gasteiger partial charge is 0.225 e. The van der Waals surface area contributed by atoms with Gasteiger partial charge in [0.2, 0.25) is 5.95 Å². The predicted octanol–water partition coefficient (Wildman–Crippen LogP) is 4.33. The first-order chi connectivity index (χ1) is 15.5. The average Bonchev–Trinajstić information content (AvgIpc) is 2.80. The fourth-order valence-corrected chi connectivity index (χ4v) is 5.00. The zero-order valence-corrected chi connectivity index (χ0v) is 19.6. The number of ether oxygens (including phenoxy) is 1. The topological polar surface area (TPSA) is 62.3 Å².